The lowest BCUT2D eigenvalue weighted by Gasteiger charge is -2.29. The standard InChI is InChI=1S/C23H25ClN6S/c1-4-6-7-17-13(3)8-15(10-26-17)31-23-28-21-19(20(24)16(5-2)27-21)22(29-23)30-11-14-9-25-18(14)12-30/h4,6-8,10,14,18,25H,1,5,9,11-12H2,2-3H3,(H,27,28,29)/b7-6-. The largest absolute Gasteiger partial charge is 0.354 e. The number of hydrogen-bond donors (Lipinski definition) is 2. The second kappa shape index (κ2) is 8.30. The van der Waals surface area contributed by atoms with Crippen molar-refractivity contribution in [3.63, 3.8) is 0 Å². The molecule has 2 fully saturated rings. The molecule has 0 saturated carbocycles. The molecule has 0 aromatic carbocycles. The molecule has 0 bridgehead atoms. The van der Waals surface area contributed by atoms with E-state index >= 15 is 0 Å². The van der Waals surface area contributed by atoms with Crippen molar-refractivity contribution in [1.29, 1.82) is 0 Å². The number of aromatic amines is 1. The lowest BCUT2D eigenvalue weighted by atomic mass is 9.96. The van der Waals surface area contributed by atoms with E-state index in [1.54, 1.807) is 6.08 Å². The summed E-state index contributed by atoms with van der Waals surface area (Å²) in [6, 6.07) is 2.67. The second-order valence-corrected chi connectivity index (χ2v) is 9.49. The number of aromatic nitrogens is 4. The van der Waals surface area contributed by atoms with Gasteiger partial charge in [-0.2, -0.15) is 0 Å². The number of anilines is 1. The van der Waals surface area contributed by atoms with Crippen molar-refractivity contribution in [3.05, 3.63) is 53.0 Å². The van der Waals surface area contributed by atoms with Gasteiger partial charge in [-0.1, -0.05) is 37.3 Å². The van der Waals surface area contributed by atoms with Crippen LogP contribution in [-0.2, 0) is 6.42 Å². The van der Waals surface area contributed by atoms with E-state index in [0.29, 0.717) is 17.1 Å². The Bertz CT molecular complexity index is 1170. The Balaban J connectivity index is 1.52. The van der Waals surface area contributed by atoms with Crippen molar-refractivity contribution in [1.82, 2.24) is 25.3 Å². The summed E-state index contributed by atoms with van der Waals surface area (Å²) < 4.78 is 0. The van der Waals surface area contributed by atoms with Crippen molar-refractivity contribution in [2.45, 2.75) is 36.4 Å². The number of allylic oxidation sites excluding steroid dienone is 2. The second-order valence-electron chi connectivity index (χ2n) is 8.07. The van der Waals surface area contributed by atoms with Crippen LogP contribution < -0.4 is 10.2 Å². The Labute approximate surface area is 191 Å². The van der Waals surface area contributed by atoms with E-state index in [1.165, 1.54) is 11.8 Å². The molecular weight excluding hydrogens is 428 g/mol. The van der Waals surface area contributed by atoms with E-state index in [-0.39, 0.29) is 0 Å². The Morgan fingerprint density at radius 2 is 2.23 bits per heavy atom. The molecule has 3 aromatic rings. The van der Waals surface area contributed by atoms with Crippen LogP contribution in [0.25, 0.3) is 17.1 Å². The molecule has 2 unspecified atom stereocenters. The number of pyridine rings is 1. The molecule has 5 rings (SSSR count). The zero-order valence-corrected chi connectivity index (χ0v) is 19.2. The summed E-state index contributed by atoms with van der Waals surface area (Å²) in [5.41, 5.74) is 3.84. The van der Waals surface area contributed by atoms with Gasteiger partial charge in [0.15, 0.2) is 5.16 Å². The van der Waals surface area contributed by atoms with Crippen LogP contribution in [0.15, 0.2) is 41.0 Å². The number of nitrogens with one attached hydrogen (secondary N) is 2. The average molecular weight is 453 g/mol. The highest BCUT2D eigenvalue weighted by molar-refractivity contribution is 7.99. The van der Waals surface area contributed by atoms with E-state index in [1.807, 2.05) is 18.3 Å². The Kier molecular flexibility index (Phi) is 5.50. The molecule has 5 heterocycles. The molecular formula is C23H25ClN6S. The quantitative estimate of drug-likeness (QED) is 0.419. The lowest BCUT2D eigenvalue weighted by Crippen LogP contribution is -2.51. The monoisotopic (exact) mass is 452 g/mol. The molecule has 0 radical (unpaired) electrons. The first-order valence-electron chi connectivity index (χ1n) is 10.6. The maximum Gasteiger partial charge on any atom is 0.196 e. The van der Waals surface area contributed by atoms with Gasteiger partial charge in [-0.3, -0.25) is 4.98 Å². The molecule has 3 aromatic heterocycles. The summed E-state index contributed by atoms with van der Waals surface area (Å²) in [7, 11) is 0. The van der Waals surface area contributed by atoms with Gasteiger partial charge in [0.2, 0.25) is 0 Å². The van der Waals surface area contributed by atoms with Crippen LogP contribution in [-0.4, -0.2) is 45.6 Å². The molecule has 6 nitrogen and oxygen atoms in total. The third kappa shape index (κ3) is 3.75. The molecule has 2 aliphatic heterocycles. The van der Waals surface area contributed by atoms with E-state index in [9.17, 15) is 0 Å². The predicted molar refractivity (Wildman–Crippen MR) is 128 cm³/mol. The summed E-state index contributed by atoms with van der Waals surface area (Å²) in [5.74, 6) is 1.62. The Morgan fingerprint density at radius 3 is 2.87 bits per heavy atom. The minimum atomic E-state index is 0.549. The zero-order valence-electron chi connectivity index (χ0n) is 17.7. The van der Waals surface area contributed by atoms with Crippen LogP contribution in [0.1, 0.15) is 23.9 Å². The fraction of sp³-hybridized carbons (Fsp3) is 0.348. The zero-order chi connectivity index (χ0) is 21.5. The van der Waals surface area contributed by atoms with E-state index in [4.69, 9.17) is 21.6 Å². The lowest BCUT2D eigenvalue weighted by molar-refractivity contribution is 0.297. The summed E-state index contributed by atoms with van der Waals surface area (Å²) in [6.45, 7) is 10.9. The molecule has 2 N–H and O–H groups in total. The topological polar surface area (TPSA) is 69.7 Å². The Morgan fingerprint density at radius 1 is 1.35 bits per heavy atom. The van der Waals surface area contributed by atoms with E-state index in [0.717, 1.165) is 69.8 Å². The van der Waals surface area contributed by atoms with Crippen LogP contribution in [0.3, 0.4) is 0 Å². The van der Waals surface area contributed by atoms with Gasteiger partial charge in [0.05, 0.1) is 16.1 Å². The van der Waals surface area contributed by atoms with Gasteiger partial charge in [-0.05, 0) is 42.8 Å². The maximum absolute atomic E-state index is 6.74. The minimum absolute atomic E-state index is 0.549. The van der Waals surface area contributed by atoms with Crippen LogP contribution >= 0.6 is 23.4 Å². The highest BCUT2D eigenvalue weighted by Gasteiger charge is 2.40. The van der Waals surface area contributed by atoms with E-state index < -0.39 is 0 Å². The van der Waals surface area contributed by atoms with Gasteiger partial charge in [-0.15, -0.1) is 0 Å². The summed E-state index contributed by atoms with van der Waals surface area (Å²) in [4.78, 5) is 21.1. The van der Waals surface area contributed by atoms with Crippen LogP contribution in [0.5, 0.6) is 0 Å². The predicted octanol–water partition coefficient (Wildman–Crippen LogP) is 4.64. The SMILES string of the molecule is C=C/C=C\c1ncc(Sc2nc(N3CC4CNC4C3)c3c(Cl)c(CC)[nH]c3n2)cc1C. The number of halogens is 1. The van der Waals surface area contributed by atoms with Gasteiger partial charge in [0.1, 0.15) is 11.5 Å². The summed E-state index contributed by atoms with van der Waals surface area (Å²) in [6.07, 6.45) is 8.30. The van der Waals surface area contributed by atoms with Crippen molar-refractivity contribution in [2.75, 3.05) is 24.5 Å². The van der Waals surface area contributed by atoms with Gasteiger partial charge in [0.25, 0.3) is 0 Å². The molecule has 2 aliphatic rings. The first kappa shape index (κ1) is 20.5. The Hall–Kier alpha value is -2.35. The molecule has 2 atom stereocenters. The smallest absolute Gasteiger partial charge is 0.196 e. The maximum atomic E-state index is 6.74. The third-order valence-corrected chi connectivity index (χ3v) is 7.29. The van der Waals surface area contributed by atoms with Crippen LogP contribution in [0.4, 0.5) is 5.82 Å². The third-order valence-electron chi connectivity index (χ3n) is 6.05. The molecule has 8 heteroatoms. The fourth-order valence-electron chi connectivity index (χ4n) is 4.27. The van der Waals surface area contributed by atoms with Crippen LogP contribution in [0, 0.1) is 12.8 Å². The van der Waals surface area contributed by atoms with Gasteiger partial charge >= 0.3 is 0 Å². The molecule has 160 valence electrons. The van der Waals surface area contributed by atoms with Gasteiger partial charge < -0.3 is 15.2 Å². The average Bonchev–Trinajstić information content (AvgIpc) is 3.22. The van der Waals surface area contributed by atoms with Crippen molar-refractivity contribution >= 4 is 46.3 Å². The van der Waals surface area contributed by atoms with Crippen molar-refractivity contribution in [2.24, 2.45) is 5.92 Å². The number of rotatable bonds is 6. The summed E-state index contributed by atoms with van der Waals surface area (Å²) in [5, 5.41) is 5.89. The minimum Gasteiger partial charge on any atom is -0.354 e. The van der Waals surface area contributed by atoms with Crippen molar-refractivity contribution in [3.8, 4) is 0 Å². The highest BCUT2D eigenvalue weighted by Crippen LogP contribution is 2.39. The summed E-state index contributed by atoms with van der Waals surface area (Å²) >= 11 is 8.27. The first-order chi connectivity index (χ1) is 15.1. The fourth-order valence-corrected chi connectivity index (χ4v) is 5.44. The molecule has 31 heavy (non-hydrogen) atoms. The number of aryl methyl sites for hydroxylation is 2. The molecule has 0 amide bonds. The van der Waals surface area contributed by atoms with Gasteiger partial charge in [0, 0.05) is 48.4 Å². The van der Waals surface area contributed by atoms with Gasteiger partial charge in [-0.25, -0.2) is 9.97 Å². The number of nitrogens with zero attached hydrogens (tertiary/aromatic N) is 4. The molecule has 0 spiro atoms. The van der Waals surface area contributed by atoms with E-state index in [2.05, 4.69) is 46.7 Å². The normalized spacial score (nSPS) is 20.4. The number of hydrogen-bond acceptors (Lipinski definition) is 6. The highest BCUT2D eigenvalue weighted by atomic mass is 35.5. The van der Waals surface area contributed by atoms with Crippen molar-refractivity contribution < 1.29 is 0 Å². The number of H-pyrrole nitrogens is 1. The molecule has 0 aliphatic carbocycles. The number of fused-ring (bicyclic) bond motifs is 2. The molecule has 2 saturated heterocycles. The first-order valence-corrected chi connectivity index (χ1v) is 11.8. The van der Waals surface area contributed by atoms with Crippen LogP contribution in [0.2, 0.25) is 5.02 Å².